The van der Waals surface area contributed by atoms with Crippen molar-refractivity contribution in [3.63, 3.8) is 0 Å². The molecule has 8 heteroatoms. The third kappa shape index (κ3) is 3.78. The highest BCUT2D eigenvalue weighted by Crippen LogP contribution is 2.38. The van der Waals surface area contributed by atoms with Crippen molar-refractivity contribution in [1.29, 1.82) is 0 Å². The Labute approximate surface area is 162 Å². The molecule has 2 unspecified atom stereocenters. The van der Waals surface area contributed by atoms with Crippen molar-refractivity contribution in [1.82, 2.24) is 10.6 Å². The summed E-state index contributed by atoms with van der Waals surface area (Å²) in [7, 11) is 4.50. The van der Waals surface area contributed by atoms with Gasteiger partial charge in [0.1, 0.15) is 0 Å². The summed E-state index contributed by atoms with van der Waals surface area (Å²) in [5, 5.41) is 15.5. The maximum absolute atomic E-state index is 13.0. The highest BCUT2D eigenvalue weighted by Gasteiger charge is 2.31. The number of nitrogens with one attached hydrogen (secondary N) is 2. The first-order valence-electron chi connectivity index (χ1n) is 8.65. The molecular weight excluding hydrogens is 364 g/mol. The van der Waals surface area contributed by atoms with Crippen molar-refractivity contribution >= 4 is 11.8 Å². The Hall–Kier alpha value is -3.10. The van der Waals surface area contributed by atoms with Crippen molar-refractivity contribution < 1.29 is 28.9 Å². The summed E-state index contributed by atoms with van der Waals surface area (Å²) in [5.41, 5.74) is 1.51. The minimum atomic E-state index is -0.977. The molecule has 3 rings (SSSR count). The van der Waals surface area contributed by atoms with Crippen LogP contribution in [0.15, 0.2) is 36.4 Å². The molecule has 2 aromatic rings. The molecule has 1 saturated heterocycles. The number of hydrogen-bond donors (Lipinski definition) is 3. The zero-order valence-corrected chi connectivity index (χ0v) is 15.8. The predicted molar refractivity (Wildman–Crippen MR) is 101 cm³/mol. The molecule has 0 bridgehead atoms. The molecule has 3 N–H and O–H groups in total. The normalized spacial score (nSPS) is 18.5. The number of carboxylic acids is 1. The molecule has 0 aliphatic carbocycles. The third-order valence-corrected chi connectivity index (χ3v) is 4.65. The van der Waals surface area contributed by atoms with Gasteiger partial charge >= 0.3 is 5.97 Å². The van der Waals surface area contributed by atoms with Crippen LogP contribution in [0.3, 0.4) is 0 Å². The Balaban J connectivity index is 1.78. The summed E-state index contributed by atoms with van der Waals surface area (Å²) in [5.74, 6) is 0.162. The van der Waals surface area contributed by atoms with Gasteiger partial charge in [0.05, 0.1) is 39.1 Å². The quantitative estimate of drug-likeness (QED) is 0.619. The number of aromatic carboxylic acids is 1. The Morgan fingerprint density at radius 2 is 1.57 bits per heavy atom. The highest BCUT2D eigenvalue weighted by molar-refractivity contribution is 6.01. The van der Waals surface area contributed by atoms with Crippen molar-refractivity contribution in [2.45, 2.75) is 12.2 Å². The molecule has 2 aromatic carbocycles. The smallest absolute Gasteiger partial charge is 0.335 e. The molecule has 8 nitrogen and oxygen atoms in total. The molecule has 1 aliphatic rings. The Morgan fingerprint density at radius 1 is 0.964 bits per heavy atom. The average Bonchev–Trinajstić information content (AvgIpc) is 3.22. The van der Waals surface area contributed by atoms with Crippen molar-refractivity contribution in [2.24, 2.45) is 0 Å². The highest BCUT2D eigenvalue weighted by atomic mass is 16.5. The zero-order valence-electron chi connectivity index (χ0n) is 15.8. The van der Waals surface area contributed by atoms with Gasteiger partial charge in [0, 0.05) is 12.1 Å². The van der Waals surface area contributed by atoms with Crippen LogP contribution in [0, 0.1) is 0 Å². The predicted octanol–water partition coefficient (Wildman–Crippen LogP) is 1.85. The summed E-state index contributed by atoms with van der Waals surface area (Å²) < 4.78 is 15.9. The number of hydrogen-bond acceptors (Lipinski definition) is 7. The molecule has 2 atom stereocenters. The van der Waals surface area contributed by atoms with Crippen LogP contribution in [0.2, 0.25) is 0 Å². The van der Waals surface area contributed by atoms with Gasteiger partial charge in [0.25, 0.3) is 0 Å². The average molecular weight is 386 g/mol. The molecular formula is C20H22N2O6. The van der Waals surface area contributed by atoms with Gasteiger partial charge in [0.2, 0.25) is 5.75 Å². The number of methoxy groups -OCH3 is 3. The Bertz CT molecular complexity index is 856. The fraction of sp³-hybridized carbons (Fsp3) is 0.300. The number of carboxylic acid groups (broad SMARTS) is 1. The topological polar surface area (TPSA) is 106 Å². The van der Waals surface area contributed by atoms with E-state index < -0.39 is 12.0 Å². The number of ketones is 1. The van der Waals surface area contributed by atoms with Gasteiger partial charge in [-0.15, -0.1) is 0 Å². The molecule has 28 heavy (non-hydrogen) atoms. The lowest BCUT2D eigenvalue weighted by atomic mass is 10.0. The maximum atomic E-state index is 13.0. The molecule has 1 heterocycles. The minimum absolute atomic E-state index is 0.114. The molecule has 1 fully saturated rings. The number of carbonyl (C=O) groups is 2. The molecule has 148 valence electrons. The molecule has 0 saturated carbocycles. The first kappa shape index (κ1) is 19.7. The standard InChI is InChI=1S/C20H22N2O6/c1-26-15-8-13(9-16(27-2)18(15)28-3)17(23)14-10-21-19(22-14)11-4-6-12(7-5-11)20(24)25/h4-9,14,19,21-22H,10H2,1-3H3,(H,24,25). The Kier molecular flexibility index (Phi) is 5.81. The van der Waals surface area contributed by atoms with Crippen LogP contribution in [-0.2, 0) is 0 Å². The largest absolute Gasteiger partial charge is 0.493 e. The van der Waals surface area contributed by atoms with Gasteiger partial charge in [-0.25, -0.2) is 4.79 Å². The van der Waals surface area contributed by atoms with Crippen LogP contribution in [0.1, 0.15) is 32.4 Å². The van der Waals surface area contributed by atoms with Crippen LogP contribution in [0.5, 0.6) is 17.2 Å². The second kappa shape index (κ2) is 8.28. The second-order valence-electron chi connectivity index (χ2n) is 6.27. The van der Waals surface area contributed by atoms with Gasteiger partial charge in [-0.05, 0) is 29.8 Å². The van der Waals surface area contributed by atoms with E-state index in [2.05, 4.69) is 10.6 Å². The second-order valence-corrected chi connectivity index (χ2v) is 6.27. The van der Waals surface area contributed by atoms with Gasteiger partial charge in [0.15, 0.2) is 17.3 Å². The lowest BCUT2D eigenvalue weighted by Gasteiger charge is -2.16. The minimum Gasteiger partial charge on any atom is -0.493 e. The molecule has 0 radical (unpaired) electrons. The van der Waals surface area contributed by atoms with E-state index in [4.69, 9.17) is 19.3 Å². The first-order valence-corrected chi connectivity index (χ1v) is 8.65. The van der Waals surface area contributed by atoms with Crippen molar-refractivity contribution in [3.8, 4) is 17.2 Å². The molecule has 0 aromatic heterocycles. The molecule has 1 aliphatic heterocycles. The number of benzene rings is 2. The SMILES string of the molecule is COc1cc(C(=O)C2CNC(c3ccc(C(=O)O)cc3)N2)cc(OC)c1OC. The third-order valence-electron chi connectivity index (χ3n) is 4.65. The first-order chi connectivity index (χ1) is 13.5. The van der Waals surface area contributed by atoms with Crippen LogP contribution < -0.4 is 24.8 Å². The van der Waals surface area contributed by atoms with E-state index in [1.54, 1.807) is 24.3 Å². The maximum Gasteiger partial charge on any atom is 0.335 e. The zero-order chi connectivity index (χ0) is 20.3. The van der Waals surface area contributed by atoms with E-state index in [1.165, 1.54) is 33.5 Å². The fourth-order valence-corrected chi connectivity index (χ4v) is 3.18. The molecule has 0 amide bonds. The van der Waals surface area contributed by atoms with Crippen LogP contribution in [-0.4, -0.2) is 50.8 Å². The van der Waals surface area contributed by atoms with E-state index in [0.717, 1.165) is 5.56 Å². The van der Waals surface area contributed by atoms with Crippen LogP contribution in [0.4, 0.5) is 0 Å². The number of carbonyl (C=O) groups excluding carboxylic acids is 1. The summed E-state index contributed by atoms with van der Waals surface area (Å²) in [6.45, 7) is 0.431. The Morgan fingerprint density at radius 3 is 2.07 bits per heavy atom. The van der Waals surface area contributed by atoms with Gasteiger partial charge < -0.3 is 19.3 Å². The van der Waals surface area contributed by atoms with E-state index in [9.17, 15) is 9.59 Å². The van der Waals surface area contributed by atoms with E-state index in [0.29, 0.717) is 29.4 Å². The lowest BCUT2D eigenvalue weighted by Crippen LogP contribution is -2.34. The summed E-state index contributed by atoms with van der Waals surface area (Å²) in [4.78, 5) is 23.9. The van der Waals surface area contributed by atoms with Crippen molar-refractivity contribution in [2.75, 3.05) is 27.9 Å². The van der Waals surface area contributed by atoms with Crippen LogP contribution >= 0.6 is 0 Å². The van der Waals surface area contributed by atoms with E-state index in [1.807, 2.05) is 0 Å². The number of Topliss-reactive ketones (excluding diaryl/α,β-unsaturated/α-hetero) is 1. The monoisotopic (exact) mass is 386 g/mol. The molecule has 0 spiro atoms. The van der Waals surface area contributed by atoms with E-state index >= 15 is 0 Å². The van der Waals surface area contributed by atoms with Gasteiger partial charge in [-0.2, -0.15) is 0 Å². The summed E-state index contributed by atoms with van der Waals surface area (Å²) >= 11 is 0. The lowest BCUT2D eigenvalue weighted by molar-refractivity contribution is 0.0696. The summed E-state index contributed by atoms with van der Waals surface area (Å²) in [6.07, 6.45) is -0.251. The summed E-state index contributed by atoms with van der Waals surface area (Å²) in [6, 6.07) is 9.32. The van der Waals surface area contributed by atoms with E-state index in [-0.39, 0.29) is 17.5 Å². The van der Waals surface area contributed by atoms with Gasteiger partial charge in [-0.1, -0.05) is 12.1 Å². The fourth-order valence-electron chi connectivity index (χ4n) is 3.18. The number of ether oxygens (including phenoxy) is 3. The van der Waals surface area contributed by atoms with Crippen molar-refractivity contribution in [3.05, 3.63) is 53.1 Å². The number of rotatable bonds is 7. The van der Waals surface area contributed by atoms with Gasteiger partial charge in [-0.3, -0.25) is 15.4 Å². The van der Waals surface area contributed by atoms with Crippen LogP contribution in [0.25, 0.3) is 0 Å².